The molecule has 0 bridgehead atoms. The van der Waals surface area contributed by atoms with Crippen molar-refractivity contribution in [2.24, 2.45) is 0 Å². The second-order valence-electron chi connectivity index (χ2n) is 10.6. The fourth-order valence-electron chi connectivity index (χ4n) is 6.23. The Labute approximate surface area is 209 Å². The summed E-state index contributed by atoms with van der Waals surface area (Å²) in [4.78, 5) is 22.9. The lowest BCUT2D eigenvalue weighted by Gasteiger charge is -2.34. The summed E-state index contributed by atoms with van der Waals surface area (Å²) in [7, 11) is 1.63. The van der Waals surface area contributed by atoms with Gasteiger partial charge in [0.1, 0.15) is 12.5 Å². The summed E-state index contributed by atoms with van der Waals surface area (Å²) in [5.41, 5.74) is 5.56. The van der Waals surface area contributed by atoms with Crippen LogP contribution in [0.4, 0.5) is 4.39 Å². The van der Waals surface area contributed by atoms with Crippen molar-refractivity contribution in [3.8, 4) is 16.9 Å². The molecule has 3 aromatic heterocycles. The van der Waals surface area contributed by atoms with Gasteiger partial charge in [0.15, 0.2) is 11.4 Å². The quantitative estimate of drug-likeness (QED) is 0.437. The van der Waals surface area contributed by atoms with Crippen molar-refractivity contribution < 1.29 is 9.13 Å². The van der Waals surface area contributed by atoms with E-state index in [-0.39, 0.29) is 17.6 Å². The Hall–Kier alpha value is -3.20. The largest absolute Gasteiger partial charge is 0.493 e. The number of rotatable bonds is 5. The first-order valence-electron chi connectivity index (χ1n) is 13.0. The highest BCUT2D eigenvalue weighted by Gasteiger charge is 2.32. The summed E-state index contributed by atoms with van der Waals surface area (Å²) in [5, 5.41) is 4.31. The Balaban J connectivity index is 1.37. The molecule has 1 N–H and O–H groups in total. The average Bonchev–Trinajstić information content (AvgIpc) is 3.60. The first-order valence-corrected chi connectivity index (χ1v) is 13.0. The molecule has 1 aliphatic carbocycles. The van der Waals surface area contributed by atoms with Crippen molar-refractivity contribution in [2.75, 3.05) is 20.2 Å². The van der Waals surface area contributed by atoms with Crippen molar-refractivity contribution in [3.63, 3.8) is 0 Å². The molecule has 4 heterocycles. The lowest BCUT2D eigenvalue weighted by molar-refractivity contribution is 0.156. The third kappa shape index (κ3) is 3.89. The van der Waals surface area contributed by atoms with Crippen LogP contribution in [0.1, 0.15) is 63.5 Å². The maximum atomic E-state index is 13.7. The number of hydrogen-bond acceptors (Lipinski definition) is 5. The molecule has 6 rings (SSSR count). The highest BCUT2D eigenvalue weighted by molar-refractivity contribution is 5.85. The molecule has 1 atom stereocenters. The fourth-order valence-corrected chi connectivity index (χ4v) is 6.23. The molecule has 0 amide bonds. The number of likely N-dealkylation sites (tertiary alicyclic amines) is 1. The van der Waals surface area contributed by atoms with Crippen LogP contribution in [0.3, 0.4) is 0 Å². The Morgan fingerprint density at radius 2 is 1.89 bits per heavy atom. The van der Waals surface area contributed by atoms with E-state index in [1.54, 1.807) is 11.6 Å². The highest BCUT2D eigenvalue weighted by Crippen LogP contribution is 2.38. The summed E-state index contributed by atoms with van der Waals surface area (Å²) in [6.07, 6.45) is 7.31. The number of aromatic nitrogens is 5. The van der Waals surface area contributed by atoms with E-state index in [2.05, 4.69) is 45.9 Å². The van der Waals surface area contributed by atoms with Crippen LogP contribution in [0.5, 0.6) is 5.75 Å². The number of nitrogens with one attached hydrogen (secondary N) is 1. The van der Waals surface area contributed by atoms with E-state index in [0.717, 1.165) is 60.0 Å². The molecule has 36 heavy (non-hydrogen) atoms. The zero-order valence-electron chi connectivity index (χ0n) is 21.1. The number of fused-ring (bicyclic) bond motifs is 2. The van der Waals surface area contributed by atoms with E-state index in [4.69, 9.17) is 4.74 Å². The van der Waals surface area contributed by atoms with Crippen LogP contribution < -0.4 is 10.4 Å². The Morgan fingerprint density at radius 3 is 2.58 bits per heavy atom. The molecule has 0 radical (unpaired) electrons. The number of alkyl halides is 1. The standard InChI is InChI=1S/C27H33FN6O2/c1-16(2)21-12-24-23(11-22(21)17-10-25(36-3)26-29-15-30-33(26)13-17)31-27(35)34(24)20-6-4-19(5-7-20)32-9-8-18(28)14-32/h10-13,15-16,18-20H,4-9,14H2,1-3H3,(H,31,35)/t18-,19?,20?/m0/s1. The molecule has 1 saturated heterocycles. The predicted molar refractivity (Wildman–Crippen MR) is 138 cm³/mol. The van der Waals surface area contributed by atoms with Crippen LogP contribution in [0.15, 0.2) is 35.5 Å². The Morgan fingerprint density at radius 1 is 1.11 bits per heavy atom. The van der Waals surface area contributed by atoms with Gasteiger partial charge in [-0.15, -0.1) is 0 Å². The van der Waals surface area contributed by atoms with E-state index in [1.807, 2.05) is 16.8 Å². The molecule has 1 aliphatic heterocycles. The zero-order valence-corrected chi connectivity index (χ0v) is 21.1. The maximum Gasteiger partial charge on any atom is 0.326 e. The lowest BCUT2D eigenvalue weighted by Crippen LogP contribution is -2.38. The summed E-state index contributed by atoms with van der Waals surface area (Å²) in [6.45, 7) is 5.76. The van der Waals surface area contributed by atoms with E-state index in [1.165, 1.54) is 6.33 Å². The second-order valence-corrected chi connectivity index (χ2v) is 10.6. The molecule has 1 saturated carbocycles. The number of hydrogen-bond donors (Lipinski definition) is 1. The van der Waals surface area contributed by atoms with Crippen LogP contribution in [0.25, 0.3) is 27.8 Å². The molecule has 9 heteroatoms. The van der Waals surface area contributed by atoms with Gasteiger partial charge >= 0.3 is 5.69 Å². The number of methoxy groups -OCH3 is 1. The van der Waals surface area contributed by atoms with Crippen molar-refractivity contribution in [1.82, 2.24) is 29.0 Å². The van der Waals surface area contributed by atoms with Crippen molar-refractivity contribution in [2.45, 2.75) is 70.1 Å². The third-order valence-electron chi connectivity index (χ3n) is 8.09. The van der Waals surface area contributed by atoms with Gasteiger partial charge < -0.3 is 9.72 Å². The van der Waals surface area contributed by atoms with Gasteiger partial charge in [-0.25, -0.2) is 18.7 Å². The molecular formula is C27H33FN6O2. The molecule has 2 aliphatic rings. The SMILES string of the molecule is COc1cc(-c2cc3[nH]c(=O)n(C4CCC(N5CC[C@H](F)C5)CC4)c3cc2C(C)C)cn2ncnc12. The van der Waals surface area contributed by atoms with Gasteiger partial charge in [-0.1, -0.05) is 13.8 Å². The number of pyridine rings is 1. The summed E-state index contributed by atoms with van der Waals surface area (Å²) < 4.78 is 23.0. The molecule has 0 spiro atoms. The molecule has 190 valence electrons. The normalized spacial score (nSPS) is 23.3. The molecule has 1 aromatic carbocycles. The first kappa shape index (κ1) is 23.2. The first-order chi connectivity index (χ1) is 17.4. The molecule has 4 aromatic rings. The number of benzene rings is 1. The lowest BCUT2D eigenvalue weighted by atomic mass is 9.89. The van der Waals surface area contributed by atoms with Crippen LogP contribution in [-0.2, 0) is 0 Å². The van der Waals surface area contributed by atoms with Crippen molar-refractivity contribution in [1.29, 1.82) is 0 Å². The monoisotopic (exact) mass is 492 g/mol. The van der Waals surface area contributed by atoms with Gasteiger partial charge in [0, 0.05) is 36.9 Å². The van der Waals surface area contributed by atoms with Crippen LogP contribution >= 0.6 is 0 Å². The van der Waals surface area contributed by atoms with Crippen molar-refractivity contribution in [3.05, 3.63) is 46.8 Å². The number of nitrogens with zero attached hydrogens (tertiary/aromatic N) is 5. The van der Waals surface area contributed by atoms with Crippen molar-refractivity contribution >= 4 is 16.7 Å². The highest BCUT2D eigenvalue weighted by atomic mass is 19.1. The molecule has 8 nitrogen and oxygen atoms in total. The van der Waals surface area contributed by atoms with E-state index in [9.17, 15) is 9.18 Å². The number of halogens is 1. The van der Waals surface area contributed by atoms with Crippen LogP contribution in [0.2, 0.25) is 0 Å². The number of imidazole rings is 1. The molecule has 2 fully saturated rings. The van der Waals surface area contributed by atoms with Gasteiger partial charge in [0.25, 0.3) is 0 Å². The van der Waals surface area contributed by atoms with Gasteiger partial charge in [0.05, 0.1) is 18.1 Å². The fraction of sp³-hybridized carbons (Fsp3) is 0.519. The average molecular weight is 493 g/mol. The number of H-pyrrole nitrogens is 1. The summed E-state index contributed by atoms with van der Waals surface area (Å²) in [5.74, 6) is 0.902. The maximum absolute atomic E-state index is 13.7. The Bertz CT molecular complexity index is 1460. The smallest absolute Gasteiger partial charge is 0.326 e. The minimum absolute atomic E-state index is 0.0605. The predicted octanol–water partition coefficient (Wildman–Crippen LogP) is 4.70. The van der Waals surface area contributed by atoms with Gasteiger partial charge in [0.2, 0.25) is 0 Å². The van der Waals surface area contributed by atoms with Crippen LogP contribution in [0, 0.1) is 0 Å². The molecular weight excluding hydrogens is 459 g/mol. The van der Waals surface area contributed by atoms with E-state index >= 15 is 0 Å². The number of ether oxygens (including phenoxy) is 1. The van der Waals surface area contributed by atoms with Gasteiger partial charge in [-0.2, -0.15) is 5.10 Å². The van der Waals surface area contributed by atoms with Crippen LogP contribution in [-0.4, -0.2) is 61.5 Å². The summed E-state index contributed by atoms with van der Waals surface area (Å²) >= 11 is 0. The minimum Gasteiger partial charge on any atom is -0.493 e. The zero-order chi connectivity index (χ0) is 25.0. The summed E-state index contributed by atoms with van der Waals surface area (Å²) in [6, 6.07) is 6.82. The minimum atomic E-state index is -0.687. The number of aromatic amines is 1. The van der Waals surface area contributed by atoms with E-state index in [0.29, 0.717) is 30.4 Å². The van der Waals surface area contributed by atoms with E-state index < -0.39 is 6.17 Å². The second kappa shape index (κ2) is 9.03. The Kier molecular flexibility index (Phi) is 5.82. The molecule has 0 unspecified atom stereocenters. The topological polar surface area (TPSA) is 80.5 Å². The van der Waals surface area contributed by atoms with Gasteiger partial charge in [-0.3, -0.25) is 9.47 Å². The van der Waals surface area contributed by atoms with Gasteiger partial charge in [-0.05, 0) is 67.3 Å². The third-order valence-corrected chi connectivity index (χ3v) is 8.09.